The van der Waals surface area contributed by atoms with Gasteiger partial charge in [-0.1, -0.05) is 0 Å². The van der Waals surface area contributed by atoms with Crippen LogP contribution in [0.4, 0.5) is 0 Å². The van der Waals surface area contributed by atoms with E-state index in [9.17, 15) is 0 Å². The van der Waals surface area contributed by atoms with Crippen LogP contribution in [0.3, 0.4) is 0 Å². The Labute approximate surface area is 96.2 Å². The zero-order valence-corrected chi connectivity index (χ0v) is 13.2. The molecule has 0 aliphatic carbocycles. The zero-order valence-electron chi connectivity index (χ0n) is 3.67. The molecule has 0 aliphatic heterocycles. The second-order valence-corrected chi connectivity index (χ2v) is 62.3. The van der Waals surface area contributed by atoms with E-state index in [-0.39, 0.29) is 0 Å². The van der Waals surface area contributed by atoms with Crippen molar-refractivity contribution in [1.29, 1.82) is 0 Å². The van der Waals surface area contributed by atoms with Crippen LogP contribution in [0, 0.1) is 0 Å². The van der Waals surface area contributed by atoms with Crippen molar-refractivity contribution in [2.75, 3.05) is 6.16 Å². The molecule has 0 bridgehead atoms. The van der Waals surface area contributed by atoms with Gasteiger partial charge >= 0.3 is 98.4 Å². The summed E-state index contributed by atoms with van der Waals surface area (Å²) in [7, 11) is 0. The summed E-state index contributed by atoms with van der Waals surface area (Å²) in [6, 6.07) is 0. The maximum absolute atomic E-state index is 2.57. The van der Waals surface area contributed by atoms with Crippen LogP contribution in [0.15, 0.2) is 0 Å². The van der Waals surface area contributed by atoms with Gasteiger partial charge in [-0.15, -0.1) is 0 Å². The fourth-order valence-electron chi connectivity index (χ4n) is 0. The molecule has 0 unspecified atom stereocenters. The molecule has 0 fully saturated rings. The summed E-state index contributed by atoms with van der Waals surface area (Å²) in [4.78, 5) is 0. The summed E-state index contributed by atoms with van der Waals surface area (Å²) in [5, 5.41) is 0. The van der Waals surface area contributed by atoms with Gasteiger partial charge < -0.3 is 0 Å². The summed E-state index contributed by atoms with van der Waals surface area (Å²) in [5.74, 6) is 0. The van der Waals surface area contributed by atoms with Crippen LogP contribution in [-0.2, 0) is 0 Å². The first-order chi connectivity index (χ1) is 2.81. The van der Waals surface area contributed by atoms with Gasteiger partial charge in [-0.3, -0.25) is 0 Å². The van der Waals surface area contributed by atoms with Crippen molar-refractivity contribution in [3.8, 4) is 0 Å². The quantitative estimate of drug-likeness (QED) is 0.311. The molecule has 0 amide bonds. The van der Waals surface area contributed by atoms with Gasteiger partial charge in [0.1, 0.15) is 0 Å². The summed E-state index contributed by atoms with van der Waals surface area (Å²) < 4.78 is -1.20. The Hall–Kier alpha value is 3.35. The van der Waals surface area contributed by atoms with Crippen LogP contribution >= 0.6 is 85.3 Å². The third-order valence-corrected chi connectivity index (χ3v) is 9.62. The molecule has 0 radical (unpaired) electrons. The van der Waals surface area contributed by atoms with Crippen molar-refractivity contribution in [3.63, 3.8) is 0 Å². The molecule has 0 spiro atoms. The Morgan fingerprint density at radius 1 is 1.14 bits per heavy atom. The Bertz CT molecular complexity index is 62.2. The molecular formula is C2H5I4P. The fourth-order valence-corrected chi connectivity index (χ4v) is 0. The van der Waals surface area contributed by atoms with Gasteiger partial charge in [-0.25, -0.2) is 0 Å². The van der Waals surface area contributed by atoms with Crippen molar-refractivity contribution in [3.05, 3.63) is 0 Å². The molecule has 0 aromatic heterocycles. The molecule has 0 aromatic rings. The van der Waals surface area contributed by atoms with E-state index in [1.54, 1.807) is 0 Å². The summed E-state index contributed by atoms with van der Waals surface area (Å²) in [5.41, 5.74) is 0. The van der Waals surface area contributed by atoms with Crippen LogP contribution in [0.2, 0.25) is 0 Å². The van der Waals surface area contributed by atoms with E-state index in [1.165, 1.54) is 6.16 Å². The summed E-state index contributed by atoms with van der Waals surface area (Å²) >= 11 is 10.3. The molecule has 7 heavy (non-hydrogen) atoms. The molecule has 5 heteroatoms. The van der Waals surface area contributed by atoms with E-state index in [0.717, 1.165) is 0 Å². The average molecular weight is 568 g/mol. The van der Waals surface area contributed by atoms with Gasteiger partial charge in [-0.2, -0.15) is 0 Å². The molecule has 0 saturated heterocycles. The van der Waals surface area contributed by atoms with E-state index in [1.807, 2.05) is 0 Å². The van der Waals surface area contributed by atoms with E-state index in [0.29, 0.717) is 0 Å². The third-order valence-electron chi connectivity index (χ3n) is 0.478. The minimum absolute atomic E-state index is 1.20. The number of hydrogen-bond acceptors (Lipinski definition) is 0. The Balaban J connectivity index is 3.83. The number of halogens is 4. The van der Waals surface area contributed by atoms with Crippen LogP contribution < -0.4 is 0 Å². The second kappa shape index (κ2) is 3.17. The van der Waals surface area contributed by atoms with Gasteiger partial charge in [-0.05, 0) is 0 Å². The molecule has 0 saturated carbocycles. The van der Waals surface area contributed by atoms with Crippen LogP contribution in [-0.4, -0.2) is 6.16 Å². The van der Waals surface area contributed by atoms with E-state index in [4.69, 9.17) is 0 Å². The zero-order chi connectivity index (χ0) is 6.15. The van der Waals surface area contributed by atoms with Crippen molar-refractivity contribution in [2.24, 2.45) is 0 Å². The molecule has 0 aliphatic rings. The van der Waals surface area contributed by atoms with Crippen LogP contribution in [0.5, 0.6) is 0 Å². The standard InChI is InChI=1S/C2H5I4P/c1-2-7(3,4,5)6/h2H2,1H3. The Morgan fingerprint density at radius 3 is 1.29 bits per heavy atom. The first-order valence-electron chi connectivity index (χ1n) is 1.70. The number of rotatable bonds is 1. The fraction of sp³-hybridized carbons (Fsp3) is 1.00. The normalized spacial score (nSPS) is 18.1. The van der Waals surface area contributed by atoms with Crippen LogP contribution in [0.1, 0.15) is 6.92 Å². The summed E-state index contributed by atoms with van der Waals surface area (Å²) in [6.07, 6.45) is 1.31. The van der Waals surface area contributed by atoms with Gasteiger partial charge in [0.05, 0.1) is 0 Å². The topological polar surface area (TPSA) is 0 Å². The molecular weight excluding hydrogens is 563 g/mol. The first-order valence-corrected chi connectivity index (χ1v) is 15.3. The van der Waals surface area contributed by atoms with Gasteiger partial charge in [0.2, 0.25) is 0 Å². The molecule has 0 atom stereocenters. The average Bonchev–Trinajstić information content (AvgIpc) is 1.32. The molecule has 0 nitrogen and oxygen atoms in total. The van der Waals surface area contributed by atoms with Crippen molar-refractivity contribution in [2.45, 2.75) is 6.92 Å². The SMILES string of the molecule is CCP(I)(I)(I)I. The molecule has 0 rings (SSSR count). The van der Waals surface area contributed by atoms with Crippen LogP contribution in [0.25, 0.3) is 0 Å². The van der Waals surface area contributed by atoms with Gasteiger partial charge in [0, 0.05) is 0 Å². The monoisotopic (exact) mass is 568 g/mol. The molecule has 46 valence electrons. The van der Waals surface area contributed by atoms with E-state index < -0.39 is -2.83 Å². The molecule has 0 heterocycles. The predicted octanol–water partition coefficient (Wildman–Crippen LogP) is 4.96. The predicted molar refractivity (Wildman–Crippen MR) is 73.5 cm³/mol. The summed E-state index contributed by atoms with van der Waals surface area (Å²) in [6.45, 7) is 2.25. The Morgan fingerprint density at radius 2 is 1.29 bits per heavy atom. The second-order valence-electron chi connectivity index (χ2n) is 1.18. The van der Waals surface area contributed by atoms with Crippen molar-refractivity contribution in [1.82, 2.24) is 0 Å². The Kier molecular flexibility index (Phi) is 4.68. The third kappa shape index (κ3) is 9.35. The van der Waals surface area contributed by atoms with Crippen molar-refractivity contribution >= 4 is 85.3 Å². The number of hydrogen-bond donors (Lipinski definition) is 0. The van der Waals surface area contributed by atoms with Crippen molar-refractivity contribution < 1.29 is 0 Å². The molecule has 0 N–H and O–H groups in total. The minimum atomic E-state index is -1.20. The first kappa shape index (κ1) is 10.3. The van der Waals surface area contributed by atoms with Gasteiger partial charge in [0.15, 0.2) is 0 Å². The molecule has 0 aromatic carbocycles. The maximum atomic E-state index is 2.57. The van der Waals surface area contributed by atoms with E-state index in [2.05, 4.69) is 95.1 Å². The van der Waals surface area contributed by atoms with E-state index >= 15 is 0 Å². The van der Waals surface area contributed by atoms with Gasteiger partial charge in [0.25, 0.3) is 0 Å².